The van der Waals surface area contributed by atoms with Crippen LogP contribution in [0.2, 0.25) is 0 Å². The van der Waals surface area contributed by atoms with Crippen molar-refractivity contribution >= 4 is 11.8 Å². The lowest BCUT2D eigenvalue weighted by Gasteiger charge is -2.43. The van der Waals surface area contributed by atoms with Gasteiger partial charge in [0.25, 0.3) is 5.91 Å². The Labute approximate surface area is 194 Å². The summed E-state index contributed by atoms with van der Waals surface area (Å²) in [5, 5.41) is 0. The summed E-state index contributed by atoms with van der Waals surface area (Å²) in [6, 6.07) is 17.5. The summed E-state index contributed by atoms with van der Waals surface area (Å²) in [5.41, 5.74) is 2.64. The molecule has 1 saturated heterocycles. The molecule has 3 aromatic rings. The van der Waals surface area contributed by atoms with Gasteiger partial charge in [-0.15, -0.1) is 0 Å². The maximum Gasteiger partial charge on any atom is 0.256 e. The molecule has 1 aromatic carbocycles. The van der Waals surface area contributed by atoms with Gasteiger partial charge in [0.1, 0.15) is 0 Å². The summed E-state index contributed by atoms with van der Waals surface area (Å²) in [4.78, 5) is 38.0. The zero-order chi connectivity index (χ0) is 23.3. The van der Waals surface area contributed by atoms with Gasteiger partial charge in [-0.2, -0.15) is 0 Å². The van der Waals surface area contributed by atoms with Gasteiger partial charge in [-0.3, -0.25) is 19.6 Å². The number of hydrogen-bond acceptors (Lipinski definition) is 5. The Kier molecular flexibility index (Phi) is 6.79. The molecule has 7 nitrogen and oxygen atoms in total. The number of morpholine rings is 1. The van der Waals surface area contributed by atoms with Crippen LogP contribution in [0.4, 0.5) is 0 Å². The third kappa shape index (κ3) is 5.26. The highest BCUT2D eigenvalue weighted by Crippen LogP contribution is 2.28. The van der Waals surface area contributed by atoms with E-state index in [1.54, 1.807) is 42.5 Å². The Hall–Kier alpha value is -3.58. The van der Waals surface area contributed by atoms with Crippen molar-refractivity contribution in [2.45, 2.75) is 18.4 Å². The number of likely N-dealkylation sites (N-methyl/N-ethyl adjacent to an activating group) is 1. The summed E-state index contributed by atoms with van der Waals surface area (Å²) >= 11 is 0. The molecule has 1 aliphatic heterocycles. The molecule has 7 heteroatoms. The summed E-state index contributed by atoms with van der Waals surface area (Å²) in [5.74, 6) is -0.203. The lowest BCUT2D eigenvalue weighted by molar-refractivity contribution is -0.172. The summed E-state index contributed by atoms with van der Waals surface area (Å²) in [7, 11) is 3.44. The molecule has 33 heavy (non-hydrogen) atoms. The average molecular weight is 445 g/mol. The molecule has 1 fully saturated rings. The topological polar surface area (TPSA) is 75.6 Å². The Morgan fingerprint density at radius 2 is 1.85 bits per heavy atom. The van der Waals surface area contributed by atoms with Gasteiger partial charge in [0.15, 0.2) is 5.60 Å². The van der Waals surface area contributed by atoms with Crippen LogP contribution in [0.3, 0.4) is 0 Å². The number of pyridine rings is 2. The smallest absolute Gasteiger partial charge is 0.256 e. The summed E-state index contributed by atoms with van der Waals surface area (Å²) in [6.45, 7) is 0.956. The first kappa shape index (κ1) is 22.6. The number of hydrogen-bond donors (Lipinski definition) is 0. The lowest BCUT2D eigenvalue weighted by Crippen LogP contribution is -2.62. The fourth-order valence-electron chi connectivity index (χ4n) is 4.22. The van der Waals surface area contributed by atoms with Crippen LogP contribution < -0.4 is 0 Å². The zero-order valence-corrected chi connectivity index (χ0v) is 19.0. The first-order valence-corrected chi connectivity index (χ1v) is 11.0. The number of carbonyl (C=O) groups excluding carboxylic acids is 2. The normalized spacial score (nSPS) is 18.1. The SMILES string of the molecule is CN(C)C(=O)C1(Cc2cccc(-c3ccncc3)c2)CN(C(=O)Cc2ccccn2)CCO1. The minimum Gasteiger partial charge on any atom is -0.361 e. The lowest BCUT2D eigenvalue weighted by atomic mass is 9.89. The van der Waals surface area contributed by atoms with Crippen molar-refractivity contribution in [1.29, 1.82) is 0 Å². The maximum absolute atomic E-state index is 13.3. The van der Waals surface area contributed by atoms with Crippen LogP contribution in [0.25, 0.3) is 11.1 Å². The Morgan fingerprint density at radius 3 is 2.58 bits per heavy atom. The third-order valence-corrected chi connectivity index (χ3v) is 5.82. The second-order valence-corrected chi connectivity index (χ2v) is 8.47. The summed E-state index contributed by atoms with van der Waals surface area (Å²) in [6.07, 6.45) is 5.77. The van der Waals surface area contributed by atoms with Crippen LogP contribution in [-0.2, 0) is 27.2 Å². The molecule has 170 valence electrons. The number of benzene rings is 1. The second kappa shape index (κ2) is 9.92. The van der Waals surface area contributed by atoms with Gasteiger partial charge in [0.05, 0.1) is 19.6 Å². The van der Waals surface area contributed by atoms with E-state index in [2.05, 4.69) is 16.0 Å². The standard InChI is InChI=1S/C26H28N4O3/c1-29(2)25(32)26(18-20-6-5-7-22(16-20)21-9-12-27-13-10-21)19-30(14-15-33-26)24(31)17-23-8-3-4-11-28-23/h3-13,16H,14-15,17-19H2,1-2H3. The molecular formula is C26H28N4O3. The number of aromatic nitrogens is 2. The number of carbonyl (C=O) groups is 2. The van der Waals surface area contributed by atoms with Crippen LogP contribution in [0.1, 0.15) is 11.3 Å². The quantitative estimate of drug-likeness (QED) is 0.584. The molecule has 1 unspecified atom stereocenters. The molecule has 0 radical (unpaired) electrons. The first-order valence-electron chi connectivity index (χ1n) is 11.0. The largest absolute Gasteiger partial charge is 0.361 e. The zero-order valence-electron chi connectivity index (χ0n) is 19.0. The van der Waals surface area contributed by atoms with E-state index in [4.69, 9.17) is 4.74 Å². The highest BCUT2D eigenvalue weighted by molar-refractivity contribution is 5.87. The monoisotopic (exact) mass is 444 g/mol. The van der Waals surface area contributed by atoms with E-state index < -0.39 is 5.60 Å². The van der Waals surface area contributed by atoms with Crippen molar-refractivity contribution in [2.24, 2.45) is 0 Å². The van der Waals surface area contributed by atoms with Crippen LogP contribution in [0.15, 0.2) is 73.2 Å². The molecule has 1 aliphatic rings. The van der Waals surface area contributed by atoms with Crippen molar-refractivity contribution in [3.05, 3.63) is 84.4 Å². The van der Waals surface area contributed by atoms with Crippen LogP contribution >= 0.6 is 0 Å². The average Bonchev–Trinajstić information content (AvgIpc) is 2.85. The molecule has 4 rings (SSSR count). The van der Waals surface area contributed by atoms with Gasteiger partial charge < -0.3 is 14.5 Å². The van der Waals surface area contributed by atoms with E-state index in [1.807, 2.05) is 48.5 Å². The van der Waals surface area contributed by atoms with Gasteiger partial charge in [0, 0.05) is 51.3 Å². The van der Waals surface area contributed by atoms with E-state index in [0.29, 0.717) is 25.3 Å². The van der Waals surface area contributed by atoms with E-state index in [1.165, 1.54) is 0 Å². The van der Waals surface area contributed by atoms with Gasteiger partial charge in [-0.25, -0.2) is 0 Å². The third-order valence-electron chi connectivity index (χ3n) is 5.82. The fourth-order valence-corrected chi connectivity index (χ4v) is 4.22. The van der Waals surface area contributed by atoms with Gasteiger partial charge in [0.2, 0.25) is 5.91 Å². The number of amides is 2. The van der Waals surface area contributed by atoms with Crippen molar-refractivity contribution in [1.82, 2.24) is 19.8 Å². The first-order chi connectivity index (χ1) is 16.0. The maximum atomic E-state index is 13.3. The van der Waals surface area contributed by atoms with Gasteiger partial charge >= 0.3 is 0 Å². The number of rotatable bonds is 6. The van der Waals surface area contributed by atoms with Crippen molar-refractivity contribution in [3.8, 4) is 11.1 Å². The molecule has 3 heterocycles. The molecular weight excluding hydrogens is 416 g/mol. The van der Waals surface area contributed by atoms with Crippen LogP contribution in [-0.4, -0.2) is 71.0 Å². The molecule has 0 N–H and O–H groups in total. The van der Waals surface area contributed by atoms with E-state index in [-0.39, 0.29) is 24.8 Å². The van der Waals surface area contributed by atoms with Crippen molar-refractivity contribution in [2.75, 3.05) is 33.8 Å². The Bertz CT molecular complexity index is 1100. The van der Waals surface area contributed by atoms with Crippen molar-refractivity contribution < 1.29 is 14.3 Å². The minimum atomic E-state index is -1.14. The van der Waals surface area contributed by atoms with Crippen LogP contribution in [0.5, 0.6) is 0 Å². The molecule has 0 aliphatic carbocycles. The fraction of sp³-hybridized carbons (Fsp3) is 0.308. The molecule has 2 amide bonds. The Balaban J connectivity index is 1.59. The number of nitrogens with zero attached hydrogens (tertiary/aromatic N) is 4. The van der Waals surface area contributed by atoms with E-state index in [9.17, 15) is 9.59 Å². The number of ether oxygens (including phenoxy) is 1. The molecule has 1 atom stereocenters. The molecule has 2 aromatic heterocycles. The van der Waals surface area contributed by atoms with Crippen molar-refractivity contribution in [3.63, 3.8) is 0 Å². The predicted molar refractivity (Wildman–Crippen MR) is 125 cm³/mol. The molecule has 0 saturated carbocycles. The Morgan fingerprint density at radius 1 is 1.03 bits per heavy atom. The summed E-state index contributed by atoms with van der Waals surface area (Å²) < 4.78 is 6.16. The van der Waals surface area contributed by atoms with E-state index in [0.717, 1.165) is 16.7 Å². The predicted octanol–water partition coefficient (Wildman–Crippen LogP) is 2.61. The van der Waals surface area contributed by atoms with Gasteiger partial charge in [-0.1, -0.05) is 30.3 Å². The second-order valence-electron chi connectivity index (χ2n) is 8.47. The molecule has 0 bridgehead atoms. The van der Waals surface area contributed by atoms with Gasteiger partial charge in [-0.05, 0) is 41.0 Å². The minimum absolute atomic E-state index is 0.0570. The van der Waals surface area contributed by atoms with Crippen LogP contribution in [0, 0.1) is 0 Å². The van der Waals surface area contributed by atoms with E-state index >= 15 is 0 Å². The highest BCUT2D eigenvalue weighted by atomic mass is 16.5. The molecule has 0 spiro atoms. The highest BCUT2D eigenvalue weighted by Gasteiger charge is 2.46.